The molecule has 1 aromatic rings. The summed E-state index contributed by atoms with van der Waals surface area (Å²) >= 11 is 0. The lowest BCUT2D eigenvalue weighted by atomic mass is 9.92. The molecular weight excluding hydrogens is 222 g/mol. The molecule has 1 unspecified atom stereocenters. The predicted molar refractivity (Wildman–Crippen MR) is 64.7 cm³/mol. The number of rotatable bonds is 1. The fourth-order valence-electron chi connectivity index (χ4n) is 2.08. The maximum atomic E-state index is 11.0. The lowest BCUT2D eigenvalue weighted by Crippen LogP contribution is -2.24. The van der Waals surface area contributed by atoms with E-state index in [1.807, 2.05) is 42.5 Å². The predicted octanol–water partition coefficient (Wildman–Crippen LogP) is 1.16. The van der Waals surface area contributed by atoms with Gasteiger partial charge in [0, 0.05) is 10.8 Å². The van der Waals surface area contributed by atoms with Gasteiger partial charge in [0.15, 0.2) is 0 Å². The summed E-state index contributed by atoms with van der Waals surface area (Å²) in [7, 11) is 0. The van der Waals surface area contributed by atoms with Gasteiger partial charge >= 0.3 is 0 Å². The number of carbonyl (C=O) groups is 1. The minimum absolute atomic E-state index is 0. The number of para-hydroxylation sites is 1. The van der Waals surface area contributed by atoms with Crippen molar-refractivity contribution < 1.29 is 4.79 Å². The molecule has 0 bridgehead atoms. The molecule has 2 aliphatic rings. The van der Waals surface area contributed by atoms with E-state index in [2.05, 4.69) is 4.99 Å². The number of fused-ring (bicyclic) bond motifs is 2. The zero-order chi connectivity index (χ0) is 10.3. The molecule has 0 radical (unpaired) electrons. The summed E-state index contributed by atoms with van der Waals surface area (Å²) in [5.41, 5.74) is 1.97. The Hall–Kier alpha value is -1.67. The summed E-state index contributed by atoms with van der Waals surface area (Å²) in [5.74, 6) is -0.141. The molecular formula is C13H10ClNO. The Labute approximate surface area is 99.1 Å². The van der Waals surface area contributed by atoms with Crippen molar-refractivity contribution in [2.45, 2.75) is 0 Å². The summed E-state index contributed by atoms with van der Waals surface area (Å²) in [4.78, 5) is 15.5. The first-order chi connectivity index (χ1) is 7.40. The van der Waals surface area contributed by atoms with Crippen LogP contribution in [0.4, 0.5) is 0 Å². The molecule has 1 aromatic carbocycles. The van der Waals surface area contributed by atoms with Gasteiger partial charge in [-0.05, 0) is 12.1 Å². The summed E-state index contributed by atoms with van der Waals surface area (Å²) in [6, 6.07) is 7.93. The molecule has 1 aliphatic carbocycles. The van der Waals surface area contributed by atoms with Crippen molar-refractivity contribution in [1.29, 1.82) is 0 Å². The minimum atomic E-state index is -0.141. The van der Waals surface area contributed by atoms with Crippen LogP contribution >= 0.6 is 12.4 Å². The van der Waals surface area contributed by atoms with Gasteiger partial charge in [-0.2, -0.15) is 0 Å². The Balaban J connectivity index is 0.000000963. The van der Waals surface area contributed by atoms with Crippen LogP contribution in [0.2, 0.25) is 0 Å². The Morgan fingerprint density at radius 2 is 2.06 bits per heavy atom. The third-order valence-electron chi connectivity index (χ3n) is 2.76. The van der Waals surface area contributed by atoms with Crippen molar-refractivity contribution in [3.63, 3.8) is 0 Å². The van der Waals surface area contributed by atoms with Crippen molar-refractivity contribution in [1.82, 2.24) is 0 Å². The van der Waals surface area contributed by atoms with E-state index in [-0.39, 0.29) is 18.3 Å². The SMILES string of the molecule is Cl.O=CC1C=CC=C2N=c3ccccc3=C21. The van der Waals surface area contributed by atoms with E-state index in [1.165, 1.54) is 0 Å². The van der Waals surface area contributed by atoms with E-state index >= 15 is 0 Å². The molecule has 2 nitrogen and oxygen atoms in total. The molecule has 1 aliphatic heterocycles. The van der Waals surface area contributed by atoms with E-state index in [4.69, 9.17) is 0 Å². The van der Waals surface area contributed by atoms with Gasteiger partial charge in [0.1, 0.15) is 6.29 Å². The highest BCUT2D eigenvalue weighted by Crippen LogP contribution is 2.26. The second kappa shape index (κ2) is 4.06. The van der Waals surface area contributed by atoms with Gasteiger partial charge in [-0.3, -0.25) is 0 Å². The summed E-state index contributed by atoms with van der Waals surface area (Å²) in [6.07, 6.45) is 6.72. The lowest BCUT2D eigenvalue weighted by Gasteiger charge is -2.11. The molecule has 0 fully saturated rings. The summed E-state index contributed by atoms with van der Waals surface area (Å²) < 4.78 is 0. The van der Waals surface area contributed by atoms with Gasteiger partial charge < -0.3 is 4.79 Å². The van der Waals surface area contributed by atoms with Crippen molar-refractivity contribution in [2.24, 2.45) is 10.9 Å². The zero-order valence-electron chi connectivity index (χ0n) is 8.46. The van der Waals surface area contributed by atoms with Crippen LogP contribution in [0.15, 0.2) is 53.2 Å². The fraction of sp³-hybridized carbons (Fsp3) is 0.0769. The molecule has 0 saturated heterocycles. The van der Waals surface area contributed by atoms with Gasteiger partial charge in [0.2, 0.25) is 0 Å². The molecule has 16 heavy (non-hydrogen) atoms. The molecule has 1 heterocycles. The highest BCUT2D eigenvalue weighted by Gasteiger charge is 2.21. The van der Waals surface area contributed by atoms with Crippen LogP contribution < -0.4 is 10.6 Å². The quantitative estimate of drug-likeness (QED) is 0.667. The number of hydrogen-bond donors (Lipinski definition) is 0. The van der Waals surface area contributed by atoms with Gasteiger partial charge in [-0.15, -0.1) is 12.4 Å². The zero-order valence-corrected chi connectivity index (χ0v) is 9.28. The number of hydrogen-bond acceptors (Lipinski definition) is 2. The van der Waals surface area contributed by atoms with Gasteiger partial charge in [0.05, 0.1) is 17.0 Å². The van der Waals surface area contributed by atoms with Gasteiger partial charge in [-0.1, -0.05) is 30.4 Å². The number of carbonyl (C=O) groups excluding carboxylic acids is 1. The largest absolute Gasteiger partial charge is 0.302 e. The first kappa shape index (κ1) is 10.8. The Morgan fingerprint density at radius 1 is 1.25 bits per heavy atom. The minimum Gasteiger partial charge on any atom is -0.302 e. The van der Waals surface area contributed by atoms with Crippen molar-refractivity contribution in [3.05, 3.63) is 58.8 Å². The lowest BCUT2D eigenvalue weighted by molar-refractivity contribution is -0.108. The van der Waals surface area contributed by atoms with E-state index in [9.17, 15) is 4.79 Å². The number of halogens is 1. The maximum Gasteiger partial charge on any atom is 0.131 e. The normalized spacial score (nSPS) is 20.1. The smallest absolute Gasteiger partial charge is 0.131 e. The fourth-order valence-corrected chi connectivity index (χ4v) is 2.08. The molecule has 0 saturated carbocycles. The Morgan fingerprint density at radius 3 is 2.88 bits per heavy atom. The van der Waals surface area contributed by atoms with Crippen LogP contribution in [0.25, 0.3) is 5.57 Å². The van der Waals surface area contributed by atoms with Gasteiger partial charge in [-0.25, -0.2) is 4.99 Å². The summed E-state index contributed by atoms with van der Waals surface area (Å²) in [5, 5.41) is 2.06. The second-order valence-corrected chi connectivity index (χ2v) is 3.64. The van der Waals surface area contributed by atoms with E-state index in [1.54, 1.807) is 0 Å². The van der Waals surface area contributed by atoms with E-state index in [0.29, 0.717) is 0 Å². The Bertz CT molecular complexity index is 613. The van der Waals surface area contributed by atoms with Gasteiger partial charge in [0.25, 0.3) is 0 Å². The first-order valence-corrected chi connectivity index (χ1v) is 4.92. The molecule has 0 N–H and O–H groups in total. The van der Waals surface area contributed by atoms with Crippen LogP contribution in [-0.4, -0.2) is 6.29 Å². The van der Waals surface area contributed by atoms with Crippen LogP contribution in [-0.2, 0) is 4.79 Å². The average molecular weight is 232 g/mol. The highest BCUT2D eigenvalue weighted by atomic mass is 35.5. The molecule has 3 heteroatoms. The molecule has 0 amide bonds. The van der Waals surface area contributed by atoms with Crippen LogP contribution in [0.3, 0.4) is 0 Å². The van der Waals surface area contributed by atoms with E-state index < -0.39 is 0 Å². The first-order valence-electron chi connectivity index (χ1n) is 4.92. The van der Waals surface area contributed by atoms with Crippen LogP contribution in [0.5, 0.6) is 0 Å². The number of allylic oxidation sites excluding steroid dienone is 4. The van der Waals surface area contributed by atoms with Crippen LogP contribution in [0.1, 0.15) is 0 Å². The Kier molecular flexibility index (Phi) is 2.75. The highest BCUT2D eigenvalue weighted by molar-refractivity contribution is 5.85. The molecule has 3 rings (SSSR count). The van der Waals surface area contributed by atoms with Crippen molar-refractivity contribution >= 4 is 24.3 Å². The standard InChI is InChI=1S/C13H9NO.ClH/c15-8-9-4-3-7-12-13(9)10-5-1-2-6-11(10)14-12;/h1-9H;1H. The number of nitrogens with zero attached hydrogens (tertiary/aromatic N) is 1. The topological polar surface area (TPSA) is 29.4 Å². The van der Waals surface area contributed by atoms with Crippen molar-refractivity contribution in [3.8, 4) is 0 Å². The molecule has 0 aromatic heterocycles. The monoisotopic (exact) mass is 231 g/mol. The number of benzene rings is 1. The molecule has 0 spiro atoms. The number of aldehydes is 1. The second-order valence-electron chi connectivity index (χ2n) is 3.64. The molecule has 1 atom stereocenters. The van der Waals surface area contributed by atoms with Crippen molar-refractivity contribution in [2.75, 3.05) is 0 Å². The maximum absolute atomic E-state index is 11.0. The summed E-state index contributed by atoms with van der Waals surface area (Å²) in [6.45, 7) is 0. The third kappa shape index (κ3) is 1.42. The third-order valence-corrected chi connectivity index (χ3v) is 2.76. The average Bonchev–Trinajstić information content (AvgIpc) is 2.67. The van der Waals surface area contributed by atoms with Crippen LogP contribution in [0, 0.1) is 5.92 Å². The van der Waals surface area contributed by atoms with E-state index in [0.717, 1.165) is 28.1 Å². The molecule has 80 valence electrons.